The Bertz CT molecular complexity index is 839. The van der Waals surface area contributed by atoms with Crippen LogP contribution in [-0.2, 0) is 0 Å². The van der Waals surface area contributed by atoms with E-state index in [2.05, 4.69) is 64.1 Å². The molecule has 1 aromatic heterocycles. The maximum Gasteiger partial charge on any atom is 0.0968 e. The predicted octanol–water partition coefficient (Wildman–Crippen LogP) is 5.35. The van der Waals surface area contributed by atoms with Crippen LogP contribution in [0.2, 0.25) is 0 Å². The van der Waals surface area contributed by atoms with Crippen LogP contribution in [0.3, 0.4) is 0 Å². The van der Waals surface area contributed by atoms with E-state index in [1.807, 2.05) is 13.1 Å². The van der Waals surface area contributed by atoms with Crippen molar-refractivity contribution in [3.63, 3.8) is 0 Å². The molecule has 0 aliphatic rings. The largest absolute Gasteiger partial charge is 0.252 e. The molecule has 2 heteroatoms. The Morgan fingerprint density at radius 2 is 1.00 bits per heavy atom. The summed E-state index contributed by atoms with van der Waals surface area (Å²) in [5.74, 6) is 0. The van der Waals surface area contributed by atoms with E-state index in [1.165, 1.54) is 22.3 Å². The molecule has 0 aliphatic heterocycles. The van der Waals surface area contributed by atoms with Gasteiger partial charge in [0.05, 0.1) is 17.1 Å². The normalized spacial score (nSPS) is 10.8. The highest BCUT2D eigenvalue weighted by molar-refractivity contribution is 5.79. The van der Waals surface area contributed by atoms with Crippen LogP contribution in [0, 0.1) is 34.6 Å². The molecule has 0 aliphatic carbocycles. The van der Waals surface area contributed by atoms with Crippen LogP contribution in [-0.4, -0.2) is 9.97 Å². The molecule has 3 aromatic rings. The molecule has 2 aromatic carbocycles. The van der Waals surface area contributed by atoms with Crippen molar-refractivity contribution in [2.24, 2.45) is 0 Å². The first-order valence-corrected chi connectivity index (χ1v) is 7.93. The molecular weight excluding hydrogens is 280 g/mol. The molecule has 0 saturated carbocycles. The number of aromatic nitrogens is 2. The fourth-order valence-corrected chi connectivity index (χ4v) is 3.11. The summed E-state index contributed by atoms with van der Waals surface area (Å²) in [5, 5.41) is 0. The minimum Gasteiger partial charge on any atom is -0.252 e. The third-order valence-corrected chi connectivity index (χ3v) is 3.88. The van der Waals surface area contributed by atoms with Gasteiger partial charge in [-0.1, -0.05) is 34.4 Å². The minimum absolute atomic E-state index is 0.937. The lowest BCUT2D eigenvalue weighted by atomic mass is 9.98. The Labute approximate surface area is 138 Å². The van der Waals surface area contributed by atoms with Crippen molar-refractivity contribution in [3.05, 3.63) is 70.5 Å². The van der Waals surface area contributed by atoms with Gasteiger partial charge in [0.2, 0.25) is 0 Å². The zero-order chi connectivity index (χ0) is 16.6. The van der Waals surface area contributed by atoms with Crippen LogP contribution in [0.15, 0.2) is 42.6 Å². The number of nitrogens with zero attached hydrogens (tertiary/aromatic N) is 2. The molecule has 0 bridgehead atoms. The van der Waals surface area contributed by atoms with Gasteiger partial charge < -0.3 is 0 Å². The van der Waals surface area contributed by atoms with Crippen LogP contribution < -0.4 is 0 Å². The van der Waals surface area contributed by atoms with E-state index in [0.29, 0.717) is 0 Å². The van der Waals surface area contributed by atoms with Gasteiger partial charge in [0, 0.05) is 17.3 Å². The molecular formula is C21H22N2. The van der Waals surface area contributed by atoms with Gasteiger partial charge >= 0.3 is 0 Å². The zero-order valence-corrected chi connectivity index (χ0v) is 14.4. The summed E-state index contributed by atoms with van der Waals surface area (Å²) in [6.45, 7) is 10.5. The van der Waals surface area contributed by atoms with Gasteiger partial charge in [-0.05, 0) is 58.9 Å². The maximum atomic E-state index is 4.80. The van der Waals surface area contributed by atoms with Crippen molar-refractivity contribution < 1.29 is 0 Å². The molecule has 0 saturated heterocycles. The Hall–Kier alpha value is -2.48. The van der Waals surface area contributed by atoms with Gasteiger partial charge in [-0.15, -0.1) is 0 Å². The highest BCUT2D eigenvalue weighted by Gasteiger charge is 2.13. The van der Waals surface area contributed by atoms with Gasteiger partial charge in [0.15, 0.2) is 0 Å². The molecule has 0 spiro atoms. The summed E-state index contributed by atoms with van der Waals surface area (Å²) >= 11 is 0. The molecule has 1 heterocycles. The van der Waals surface area contributed by atoms with Crippen molar-refractivity contribution in [2.75, 3.05) is 0 Å². The quantitative estimate of drug-likeness (QED) is 0.637. The molecule has 0 unspecified atom stereocenters. The van der Waals surface area contributed by atoms with E-state index in [-0.39, 0.29) is 0 Å². The van der Waals surface area contributed by atoms with E-state index in [9.17, 15) is 0 Å². The Morgan fingerprint density at radius 1 is 0.565 bits per heavy atom. The first-order valence-electron chi connectivity index (χ1n) is 7.93. The van der Waals surface area contributed by atoms with Gasteiger partial charge in [-0.2, -0.15) is 0 Å². The van der Waals surface area contributed by atoms with Crippen molar-refractivity contribution >= 4 is 0 Å². The molecule has 23 heavy (non-hydrogen) atoms. The van der Waals surface area contributed by atoms with Crippen molar-refractivity contribution in [1.29, 1.82) is 0 Å². The van der Waals surface area contributed by atoms with E-state index in [0.717, 1.165) is 28.2 Å². The van der Waals surface area contributed by atoms with Crippen LogP contribution >= 0.6 is 0 Å². The average Bonchev–Trinajstić information content (AvgIpc) is 2.45. The lowest BCUT2D eigenvalue weighted by molar-refractivity contribution is 1.12. The molecule has 2 nitrogen and oxygen atoms in total. The average molecular weight is 302 g/mol. The maximum absolute atomic E-state index is 4.80. The number of benzene rings is 2. The Kier molecular flexibility index (Phi) is 3.99. The highest BCUT2D eigenvalue weighted by Crippen LogP contribution is 2.31. The summed E-state index contributed by atoms with van der Waals surface area (Å²) in [6.07, 6.45) is 1.85. The van der Waals surface area contributed by atoms with Crippen molar-refractivity contribution in [2.45, 2.75) is 34.6 Å². The second kappa shape index (κ2) is 5.96. The highest BCUT2D eigenvalue weighted by atomic mass is 14.8. The molecule has 0 fully saturated rings. The second-order valence-electron chi connectivity index (χ2n) is 6.46. The summed E-state index contributed by atoms with van der Waals surface area (Å²) in [7, 11) is 0. The minimum atomic E-state index is 0.937. The lowest BCUT2D eigenvalue weighted by Gasteiger charge is -2.12. The molecule has 3 rings (SSSR count). The topological polar surface area (TPSA) is 25.8 Å². The number of hydrogen-bond acceptors (Lipinski definition) is 2. The molecule has 0 atom stereocenters. The number of rotatable bonds is 2. The summed E-state index contributed by atoms with van der Waals surface area (Å²) < 4.78 is 0. The third-order valence-electron chi connectivity index (χ3n) is 3.88. The number of hydrogen-bond donors (Lipinski definition) is 0. The second-order valence-corrected chi connectivity index (χ2v) is 6.46. The smallest absolute Gasteiger partial charge is 0.0968 e. The first kappa shape index (κ1) is 15.4. The fraction of sp³-hybridized carbons (Fsp3) is 0.238. The standard InChI is InChI=1S/C21H22N2/c1-13-6-14(2)9-18(8-13)20-21(23-17(5)12-22-20)19-10-15(3)7-16(4)11-19/h6-12H,1-5H3. The van der Waals surface area contributed by atoms with Crippen molar-refractivity contribution in [3.8, 4) is 22.5 Å². The van der Waals surface area contributed by atoms with Gasteiger partial charge in [0.1, 0.15) is 0 Å². The Balaban J connectivity index is 2.26. The SMILES string of the molecule is Cc1cc(C)cc(-c2ncc(C)nc2-c2cc(C)cc(C)c2)c1. The lowest BCUT2D eigenvalue weighted by Crippen LogP contribution is -1.97. The van der Waals surface area contributed by atoms with E-state index in [4.69, 9.17) is 9.97 Å². The summed E-state index contributed by atoms with van der Waals surface area (Å²) in [5.41, 5.74) is 10.1. The first-order chi connectivity index (χ1) is 10.9. The predicted molar refractivity (Wildman–Crippen MR) is 96.6 cm³/mol. The van der Waals surface area contributed by atoms with E-state index >= 15 is 0 Å². The third kappa shape index (κ3) is 3.31. The zero-order valence-electron chi connectivity index (χ0n) is 14.4. The van der Waals surface area contributed by atoms with E-state index in [1.54, 1.807) is 0 Å². The van der Waals surface area contributed by atoms with Crippen LogP contribution in [0.1, 0.15) is 27.9 Å². The number of aryl methyl sites for hydroxylation is 5. The van der Waals surface area contributed by atoms with Gasteiger partial charge in [-0.3, -0.25) is 4.98 Å². The molecule has 116 valence electrons. The van der Waals surface area contributed by atoms with Crippen LogP contribution in [0.4, 0.5) is 0 Å². The molecule has 0 radical (unpaired) electrons. The van der Waals surface area contributed by atoms with Crippen LogP contribution in [0.5, 0.6) is 0 Å². The summed E-state index contributed by atoms with van der Waals surface area (Å²) in [6, 6.07) is 13.1. The molecule has 0 N–H and O–H groups in total. The molecule has 0 amide bonds. The van der Waals surface area contributed by atoms with Crippen molar-refractivity contribution in [1.82, 2.24) is 9.97 Å². The summed E-state index contributed by atoms with van der Waals surface area (Å²) in [4.78, 5) is 9.50. The van der Waals surface area contributed by atoms with Gasteiger partial charge in [0.25, 0.3) is 0 Å². The van der Waals surface area contributed by atoms with Gasteiger partial charge in [-0.25, -0.2) is 4.98 Å². The van der Waals surface area contributed by atoms with Crippen LogP contribution in [0.25, 0.3) is 22.5 Å². The monoisotopic (exact) mass is 302 g/mol. The van der Waals surface area contributed by atoms with E-state index < -0.39 is 0 Å². The Morgan fingerprint density at radius 3 is 1.48 bits per heavy atom. The fourth-order valence-electron chi connectivity index (χ4n) is 3.11.